The minimum Gasteiger partial charge on any atom is -0.469 e. The monoisotopic (exact) mass is 1010 g/mol. The summed E-state index contributed by atoms with van der Waals surface area (Å²) in [5.41, 5.74) is 5.72. The van der Waals surface area contributed by atoms with E-state index in [1.165, 1.54) is 7.11 Å². The van der Waals surface area contributed by atoms with Crippen LogP contribution in [0.2, 0.25) is 0 Å². The van der Waals surface area contributed by atoms with Crippen LogP contribution in [0.25, 0.3) is 0 Å². The van der Waals surface area contributed by atoms with Crippen molar-refractivity contribution in [1.82, 2.24) is 0 Å². The van der Waals surface area contributed by atoms with Crippen molar-refractivity contribution in [3.8, 4) is 0 Å². The third kappa shape index (κ3) is 16.9. The molecule has 0 saturated carbocycles. The molecule has 2 heterocycles. The van der Waals surface area contributed by atoms with E-state index in [9.17, 15) is 9.90 Å². The van der Waals surface area contributed by atoms with Gasteiger partial charge in [-0.15, -0.1) is 0 Å². The van der Waals surface area contributed by atoms with Crippen LogP contribution in [0.5, 0.6) is 0 Å². The van der Waals surface area contributed by atoms with Gasteiger partial charge in [-0.05, 0) is 46.2 Å². The van der Waals surface area contributed by atoms with Crippen LogP contribution in [0, 0.1) is 0 Å². The zero-order valence-corrected chi connectivity index (χ0v) is 42.1. The first kappa shape index (κ1) is 54.6. The molecule has 0 radical (unpaired) electrons. The summed E-state index contributed by atoms with van der Waals surface area (Å²) in [5, 5.41) is 12.7. The van der Waals surface area contributed by atoms with Crippen molar-refractivity contribution in [2.75, 3.05) is 26.9 Å². The molecule has 392 valence electrons. The number of hydrogen-bond donors (Lipinski definition) is 1. The second kappa shape index (κ2) is 30.0. The minimum atomic E-state index is -1.39. The maximum atomic E-state index is 12.7. The molecule has 2 aliphatic rings. The second-order valence-electron chi connectivity index (χ2n) is 18.5. The van der Waals surface area contributed by atoms with Crippen LogP contribution in [-0.2, 0) is 96.5 Å². The molecule has 6 aromatic carbocycles. The standard InChI is InChI=1S/C61H70O13/c1-64-53(62)35-21-8-22-36-67-61-59(58(71-42-50-33-19-7-20-34-50)56(69-40-48-29-15-5-16-30-48)52(73-61)44-66-38-46-25-11-3-12-26-46)74-60-54(63)57(70-41-49-31-17-6-18-32-49)55(68-39-47-27-13-4-14-28-47)51(72-60)43-65-37-45-23-9-2-10-24-45/h2-7,9-20,23-34,51-52,54-61,63H,8,21-22,35-44H2,1H3/t51-,52-,54+,55-,56-,57-,58+,59+,60+,61+/m1/s1. The van der Waals surface area contributed by atoms with Gasteiger partial charge in [-0.25, -0.2) is 0 Å². The Morgan fingerprint density at radius 3 is 1.20 bits per heavy atom. The smallest absolute Gasteiger partial charge is 0.305 e. The Hall–Kier alpha value is -5.65. The summed E-state index contributed by atoms with van der Waals surface area (Å²) in [5.74, 6) is -0.262. The average molecular weight is 1010 g/mol. The largest absolute Gasteiger partial charge is 0.469 e. The van der Waals surface area contributed by atoms with Gasteiger partial charge in [-0.1, -0.05) is 188 Å². The van der Waals surface area contributed by atoms with Crippen LogP contribution in [-0.4, -0.2) is 99.4 Å². The third-order valence-corrected chi connectivity index (χ3v) is 13.0. The molecule has 74 heavy (non-hydrogen) atoms. The van der Waals surface area contributed by atoms with Gasteiger partial charge in [0.1, 0.15) is 48.8 Å². The number of rotatable bonds is 29. The van der Waals surface area contributed by atoms with Crippen molar-refractivity contribution in [1.29, 1.82) is 0 Å². The summed E-state index contributed by atoms with van der Waals surface area (Å²) in [7, 11) is 1.39. The second-order valence-corrected chi connectivity index (χ2v) is 18.5. The van der Waals surface area contributed by atoms with E-state index >= 15 is 0 Å². The molecule has 13 nitrogen and oxygen atoms in total. The first-order chi connectivity index (χ1) is 36.5. The van der Waals surface area contributed by atoms with Crippen molar-refractivity contribution < 1.29 is 62.0 Å². The molecule has 0 aliphatic carbocycles. The molecular weight excluding hydrogens is 941 g/mol. The lowest BCUT2D eigenvalue weighted by Gasteiger charge is -2.49. The van der Waals surface area contributed by atoms with E-state index < -0.39 is 61.4 Å². The summed E-state index contributed by atoms with van der Waals surface area (Å²) in [6, 6.07) is 59.2. The summed E-state index contributed by atoms with van der Waals surface area (Å²) < 4.78 is 72.8. The highest BCUT2D eigenvalue weighted by Gasteiger charge is 2.54. The fourth-order valence-electron chi connectivity index (χ4n) is 9.02. The Labute approximate surface area is 435 Å². The number of aliphatic hydroxyl groups is 1. The van der Waals surface area contributed by atoms with Gasteiger partial charge in [0.05, 0.1) is 60.0 Å². The number of hydrogen-bond acceptors (Lipinski definition) is 13. The topological polar surface area (TPSA) is 139 Å². The molecule has 0 bridgehead atoms. The van der Waals surface area contributed by atoms with Gasteiger partial charge >= 0.3 is 5.97 Å². The SMILES string of the molecule is COC(=O)CCCCCO[C@H]1O[C@H](COCc2ccccc2)[C@@H](OCc2ccccc2)[C@H](OCc2ccccc2)[C@@H]1O[C@@H]1O[C@H](COCc2ccccc2)[C@@H](OCc2ccccc2)[C@H](OCc2ccccc2)[C@@H]1O. The predicted octanol–water partition coefficient (Wildman–Crippen LogP) is 9.71. The van der Waals surface area contributed by atoms with E-state index in [0.717, 1.165) is 33.4 Å². The molecule has 2 aliphatic heterocycles. The van der Waals surface area contributed by atoms with Crippen molar-refractivity contribution >= 4 is 5.97 Å². The molecule has 2 saturated heterocycles. The lowest BCUT2D eigenvalue weighted by Crippen LogP contribution is -2.66. The number of aliphatic hydroxyl groups excluding tert-OH is 1. The predicted molar refractivity (Wildman–Crippen MR) is 277 cm³/mol. The molecule has 2 fully saturated rings. The summed E-state index contributed by atoms with van der Waals surface area (Å²) in [6.45, 7) is 1.93. The lowest BCUT2D eigenvalue weighted by atomic mass is 9.96. The van der Waals surface area contributed by atoms with Gasteiger partial charge in [0.2, 0.25) is 0 Å². The number of unbranched alkanes of at least 4 members (excludes halogenated alkanes) is 2. The number of ether oxygens (including phenoxy) is 11. The summed E-state index contributed by atoms with van der Waals surface area (Å²) >= 11 is 0. The quantitative estimate of drug-likeness (QED) is 0.0353. The number of carbonyl (C=O) groups is 1. The molecule has 0 aromatic heterocycles. The van der Waals surface area contributed by atoms with E-state index in [2.05, 4.69) is 0 Å². The molecule has 8 rings (SSSR count). The number of methoxy groups -OCH3 is 1. The molecule has 0 spiro atoms. The van der Waals surface area contributed by atoms with E-state index in [1.54, 1.807) is 0 Å². The Bertz CT molecular complexity index is 2440. The Balaban J connectivity index is 1.13. The van der Waals surface area contributed by atoms with Gasteiger partial charge < -0.3 is 57.2 Å². The van der Waals surface area contributed by atoms with E-state index in [0.29, 0.717) is 38.9 Å². The fourth-order valence-corrected chi connectivity index (χ4v) is 9.02. The maximum absolute atomic E-state index is 12.7. The van der Waals surface area contributed by atoms with Crippen LogP contribution in [0.1, 0.15) is 59.1 Å². The van der Waals surface area contributed by atoms with Gasteiger partial charge in [0.15, 0.2) is 12.6 Å². The summed E-state index contributed by atoms with van der Waals surface area (Å²) in [6.07, 6.45) is -7.52. The van der Waals surface area contributed by atoms with Gasteiger partial charge in [-0.3, -0.25) is 4.79 Å². The van der Waals surface area contributed by atoms with Crippen LogP contribution >= 0.6 is 0 Å². The highest BCUT2D eigenvalue weighted by Crippen LogP contribution is 2.36. The Morgan fingerprint density at radius 1 is 0.419 bits per heavy atom. The molecule has 6 aromatic rings. The lowest BCUT2D eigenvalue weighted by molar-refractivity contribution is -0.379. The minimum absolute atomic E-state index is 0.0797. The average Bonchev–Trinajstić information content (AvgIpc) is 3.45. The molecule has 13 heteroatoms. The number of benzene rings is 6. The van der Waals surface area contributed by atoms with Crippen LogP contribution in [0.15, 0.2) is 182 Å². The maximum Gasteiger partial charge on any atom is 0.305 e. The van der Waals surface area contributed by atoms with Crippen molar-refractivity contribution in [2.45, 2.75) is 127 Å². The van der Waals surface area contributed by atoms with Crippen LogP contribution < -0.4 is 0 Å². The fraction of sp³-hybridized carbons (Fsp3) is 0.393. The van der Waals surface area contributed by atoms with E-state index in [-0.39, 0.29) is 52.2 Å². The number of carbonyl (C=O) groups excluding carboxylic acids is 1. The zero-order chi connectivity index (χ0) is 51.0. The van der Waals surface area contributed by atoms with Gasteiger partial charge in [-0.2, -0.15) is 0 Å². The zero-order valence-electron chi connectivity index (χ0n) is 42.1. The van der Waals surface area contributed by atoms with E-state index in [1.807, 2.05) is 182 Å². The Kier molecular flexibility index (Phi) is 22.2. The number of esters is 1. The van der Waals surface area contributed by atoms with E-state index in [4.69, 9.17) is 52.1 Å². The normalized spacial score (nSPS) is 23.8. The molecule has 1 N–H and O–H groups in total. The van der Waals surface area contributed by atoms with Gasteiger partial charge in [0, 0.05) is 13.0 Å². The van der Waals surface area contributed by atoms with Gasteiger partial charge in [0.25, 0.3) is 0 Å². The molecule has 0 unspecified atom stereocenters. The van der Waals surface area contributed by atoms with Crippen LogP contribution in [0.4, 0.5) is 0 Å². The summed E-state index contributed by atoms with van der Waals surface area (Å²) in [4.78, 5) is 12.0. The first-order valence-corrected chi connectivity index (χ1v) is 25.7. The Morgan fingerprint density at radius 2 is 0.784 bits per heavy atom. The molecular formula is C61H70O13. The highest BCUT2D eigenvalue weighted by atomic mass is 16.8. The van der Waals surface area contributed by atoms with Crippen molar-refractivity contribution in [3.63, 3.8) is 0 Å². The van der Waals surface area contributed by atoms with Crippen molar-refractivity contribution in [3.05, 3.63) is 215 Å². The first-order valence-electron chi connectivity index (χ1n) is 25.7. The van der Waals surface area contributed by atoms with Crippen LogP contribution in [0.3, 0.4) is 0 Å². The highest BCUT2D eigenvalue weighted by molar-refractivity contribution is 5.68. The molecule has 10 atom stereocenters. The third-order valence-electron chi connectivity index (χ3n) is 13.0. The molecule has 0 amide bonds. The van der Waals surface area contributed by atoms with Crippen molar-refractivity contribution in [2.24, 2.45) is 0 Å².